The zero-order chi connectivity index (χ0) is 8.81. The van der Waals surface area contributed by atoms with Gasteiger partial charge in [0.2, 0.25) is 0 Å². The number of nitrogen functional groups attached to an aromatic ring is 1. The molecule has 0 amide bonds. The second-order valence-corrected chi connectivity index (χ2v) is 3.59. The summed E-state index contributed by atoms with van der Waals surface area (Å²) in [6.07, 6.45) is 4.53. The molecule has 1 rings (SSSR count). The van der Waals surface area contributed by atoms with Crippen molar-refractivity contribution in [3.8, 4) is 0 Å². The zero-order valence-electron chi connectivity index (χ0n) is 7.16. The molecule has 66 valence electrons. The highest BCUT2D eigenvalue weighted by Gasteiger charge is 1.94. The monoisotopic (exact) mass is 183 g/mol. The first-order chi connectivity index (χ1) is 5.83. The maximum absolute atomic E-state index is 5.40. The maximum atomic E-state index is 5.40. The lowest BCUT2D eigenvalue weighted by Gasteiger charge is -1.98. The number of nitrogens with two attached hydrogens (primary N) is 1. The van der Waals surface area contributed by atoms with Crippen molar-refractivity contribution in [1.29, 1.82) is 0 Å². The standard InChI is InChI=1S/C8H13N3S/c1-2-3-12-6-7-4-11-8(9)5-10-7/h4-5H,2-3,6H2,1H3,(H2,9,11). The Kier molecular flexibility index (Phi) is 3.87. The molecule has 3 nitrogen and oxygen atoms in total. The molecule has 0 bridgehead atoms. The lowest BCUT2D eigenvalue weighted by Crippen LogP contribution is -1.94. The Labute approximate surface area is 76.8 Å². The number of anilines is 1. The summed E-state index contributed by atoms with van der Waals surface area (Å²) < 4.78 is 0. The summed E-state index contributed by atoms with van der Waals surface area (Å²) in [7, 11) is 0. The van der Waals surface area contributed by atoms with E-state index in [2.05, 4.69) is 16.9 Å². The molecule has 1 aromatic rings. The molecule has 0 aliphatic carbocycles. The molecule has 0 aromatic carbocycles. The minimum atomic E-state index is 0.485. The van der Waals surface area contributed by atoms with Crippen molar-refractivity contribution >= 4 is 17.6 Å². The van der Waals surface area contributed by atoms with E-state index < -0.39 is 0 Å². The summed E-state index contributed by atoms with van der Waals surface area (Å²) in [6.45, 7) is 2.17. The van der Waals surface area contributed by atoms with Crippen LogP contribution in [-0.2, 0) is 5.75 Å². The van der Waals surface area contributed by atoms with E-state index in [9.17, 15) is 0 Å². The molecule has 0 spiro atoms. The fraction of sp³-hybridized carbons (Fsp3) is 0.500. The smallest absolute Gasteiger partial charge is 0.141 e. The quantitative estimate of drug-likeness (QED) is 0.722. The van der Waals surface area contributed by atoms with Crippen LogP contribution in [0.15, 0.2) is 12.4 Å². The topological polar surface area (TPSA) is 51.8 Å². The van der Waals surface area contributed by atoms with E-state index in [0.717, 1.165) is 11.4 Å². The summed E-state index contributed by atoms with van der Waals surface area (Å²) in [6, 6.07) is 0. The predicted molar refractivity (Wildman–Crippen MR) is 52.9 cm³/mol. The highest BCUT2D eigenvalue weighted by atomic mass is 32.2. The Morgan fingerprint density at radius 2 is 2.25 bits per heavy atom. The second kappa shape index (κ2) is 4.98. The van der Waals surface area contributed by atoms with E-state index in [1.165, 1.54) is 12.2 Å². The van der Waals surface area contributed by atoms with Gasteiger partial charge in [0.1, 0.15) is 5.82 Å². The Bertz CT molecular complexity index is 222. The number of aromatic nitrogens is 2. The normalized spacial score (nSPS) is 10.1. The van der Waals surface area contributed by atoms with E-state index in [4.69, 9.17) is 5.73 Å². The zero-order valence-corrected chi connectivity index (χ0v) is 7.97. The van der Waals surface area contributed by atoms with Gasteiger partial charge in [0.05, 0.1) is 18.1 Å². The van der Waals surface area contributed by atoms with Crippen molar-refractivity contribution in [3.63, 3.8) is 0 Å². The Balaban J connectivity index is 2.37. The highest BCUT2D eigenvalue weighted by Crippen LogP contribution is 2.09. The lowest BCUT2D eigenvalue weighted by atomic mass is 10.5. The van der Waals surface area contributed by atoms with Crippen molar-refractivity contribution in [3.05, 3.63) is 18.1 Å². The van der Waals surface area contributed by atoms with Gasteiger partial charge in [-0.15, -0.1) is 0 Å². The van der Waals surface area contributed by atoms with Crippen molar-refractivity contribution in [2.24, 2.45) is 0 Å². The number of hydrogen-bond acceptors (Lipinski definition) is 4. The van der Waals surface area contributed by atoms with E-state index in [1.54, 1.807) is 12.4 Å². The molecule has 0 aliphatic heterocycles. The fourth-order valence-corrected chi connectivity index (χ4v) is 1.55. The van der Waals surface area contributed by atoms with E-state index >= 15 is 0 Å². The van der Waals surface area contributed by atoms with Gasteiger partial charge in [-0.2, -0.15) is 11.8 Å². The number of nitrogens with zero attached hydrogens (tertiary/aromatic N) is 2. The first-order valence-corrected chi connectivity index (χ1v) is 5.12. The van der Waals surface area contributed by atoms with Crippen LogP contribution in [0.5, 0.6) is 0 Å². The molecular weight excluding hydrogens is 170 g/mol. The molecule has 1 aromatic heterocycles. The minimum Gasteiger partial charge on any atom is -0.382 e. The fourth-order valence-electron chi connectivity index (χ4n) is 0.760. The molecule has 0 unspecified atom stereocenters. The van der Waals surface area contributed by atoms with Crippen LogP contribution in [0.2, 0.25) is 0 Å². The van der Waals surface area contributed by atoms with E-state index in [-0.39, 0.29) is 0 Å². The summed E-state index contributed by atoms with van der Waals surface area (Å²) in [5, 5.41) is 0. The highest BCUT2D eigenvalue weighted by molar-refractivity contribution is 7.98. The van der Waals surface area contributed by atoms with Crippen molar-refractivity contribution < 1.29 is 0 Å². The lowest BCUT2D eigenvalue weighted by molar-refractivity contribution is 1.08. The van der Waals surface area contributed by atoms with E-state index in [1.807, 2.05) is 11.8 Å². The van der Waals surface area contributed by atoms with Gasteiger partial charge >= 0.3 is 0 Å². The van der Waals surface area contributed by atoms with Gasteiger partial charge < -0.3 is 5.73 Å². The minimum absolute atomic E-state index is 0.485. The molecule has 0 radical (unpaired) electrons. The third-order valence-corrected chi connectivity index (χ3v) is 2.52. The van der Waals surface area contributed by atoms with Crippen LogP contribution in [0.3, 0.4) is 0 Å². The molecule has 1 heterocycles. The van der Waals surface area contributed by atoms with Gasteiger partial charge in [0, 0.05) is 5.75 Å². The van der Waals surface area contributed by atoms with E-state index in [0.29, 0.717) is 5.82 Å². The first-order valence-electron chi connectivity index (χ1n) is 3.97. The van der Waals surface area contributed by atoms with Crippen LogP contribution >= 0.6 is 11.8 Å². The third kappa shape index (κ3) is 3.09. The summed E-state index contributed by atoms with van der Waals surface area (Å²) in [5.41, 5.74) is 6.40. The maximum Gasteiger partial charge on any atom is 0.141 e. The Hall–Kier alpha value is -0.770. The molecule has 0 saturated carbocycles. The molecule has 4 heteroatoms. The second-order valence-electron chi connectivity index (χ2n) is 2.49. The molecular formula is C8H13N3S. The number of hydrogen-bond donors (Lipinski definition) is 1. The molecule has 0 atom stereocenters. The third-order valence-electron chi connectivity index (χ3n) is 1.32. The van der Waals surface area contributed by atoms with Crippen molar-refractivity contribution in [1.82, 2.24) is 9.97 Å². The molecule has 0 aliphatic rings. The van der Waals surface area contributed by atoms with Gasteiger partial charge in [-0.05, 0) is 12.2 Å². The summed E-state index contributed by atoms with van der Waals surface area (Å²) in [4.78, 5) is 8.10. The van der Waals surface area contributed by atoms with Crippen LogP contribution in [0.1, 0.15) is 19.0 Å². The Morgan fingerprint density at radius 3 is 2.83 bits per heavy atom. The van der Waals surface area contributed by atoms with Gasteiger partial charge in [-0.25, -0.2) is 4.98 Å². The van der Waals surface area contributed by atoms with Gasteiger partial charge in [0.25, 0.3) is 0 Å². The Morgan fingerprint density at radius 1 is 1.42 bits per heavy atom. The SMILES string of the molecule is CCCSCc1cnc(N)cn1. The average Bonchev–Trinajstić information content (AvgIpc) is 2.09. The number of thioether (sulfide) groups is 1. The molecule has 0 saturated heterocycles. The van der Waals surface area contributed by atoms with Crippen LogP contribution < -0.4 is 5.73 Å². The van der Waals surface area contributed by atoms with Crippen LogP contribution in [0.25, 0.3) is 0 Å². The molecule has 2 N–H and O–H groups in total. The van der Waals surface area contributed by atoms with Crippen LogP contribution in [0, 0.1) is 0 Å². The summed E-state index contributed by atoms with van der Waals surface area (Å²) >= 11 is 1.87. The van der Waals surface area contributed by atoms with Crippen LogP contribution in [0.4, 0.5) is 5.82 Å². The number of rotatable bonds is 4. The van der Waals surface area contributed by atoms with Gasteiger partial charge in [-0.1, -0.05) is 6.92 Å². The van der Waals surface area contributed by atoms with Gasteiger partial charge in [0.15, 0.2) is 0 Å². The largest absolute Gasteiger partial charge is 0.382 e. The average molecular weight is 183 g/mol. The molecule has 12 heavy (non-hydrogen) atoms. The first kappa shape index (κ1) is 9.32. The van der Waals surface area contributed by atoms with Crippen molar-refractivity contribution in [2.75, 3.05) is 11.5 Å². The van der Waals surface area contributed by atoms with Gasteiger partial charge in [-0.3, -0.25) is 4.98 Å². The molecule has 0 fully saturated rings. The predicted octanol–water partition coefficient (Wildman–Crippen LogP) is 1.70. The van der Waals surface area contributed by atoms with Crippen molar-refractivity contribution in [2.45, 2.75) is 19.1 Å². The summed E-state index contributed by atoms with van der Waals surface area (Å²) in [5.74, 6) is 2.59. The van der Waals surface area contributed by atoms with Crippen LogP contribution in [-0.4, -0.2) is 15.7 Å².